The lowest BCUT2D eigenvalue weighted by atomic mass is 10.2. The monoisotopic (exact) mass is 443 g/mol. The van der Waals surface area contributed by atoms with E-state index < -0.39 is 0 Å². The normalized spacial score (nSPS) is 11.1. The molecule has 8 heteroatoms. The Hall–Kier alpha value is -3.78. The number of para-hydroxylation sites is 3. The third-order valence-electron chi connectivity index (χ3n) is 5.07. The van der Waals surface area contributed by atoms with E-state index in [1.165, 1.54) is 0 Å². The van der Waals surface area contributed by atoms with Crippen LogP contribution < -0.4 is 9.47 Å². The van der Waals surface area contributed by atoms with Crippen molar-refractivity contribution >= 4 is 22.8 Å². The number of nitrogens with zero attached hydrogens (tertiary/aromatic N) is 4. The molecule has 0 aliphatic rings. The molecule has 0 spiro atoms. The fourth-order valence-electron chi connectivity index (χ4n) is 3.54. The predicted molar refractivity (Wildman–Crippen MR) is 126 cm³/mol. The van der Waals surface area contributed by atoms with Crippen molar-refractivity contribution in [3.63, 3.8) is 0 Å². The van der Waals surface area contributed by atoms with Gasteiger partial charge in [-0.15, -0.1) is 10.2 Å². The molecule has 1 N–H and O–H groups in total. The first kappa shape index (κ1) is 20.1. The lowest BCUT2D eigenvalue weighted by molar-refractivity contribution is 0.355. The van der Waals surface area contributed by atoms with Crippen LogP contribution in [0.2, 0.25) is 0 Å². The second-order valence-electron chi connectivity index (χ2n) is 7.04. The van der Waals surface area contributed by atoms with Crippen molar-refractivity contribution in [1.29, 1.82) is 0 Å². The van der Waals surface area contributed by atoms with Gasteiger partial charge in [0, 0.05) is 11.3 Å². The van der Waals surface area contributed by atoms with E-state index in [1.54, 1.807) is 26.0 Å². The van der Waals surface area contributed by atoms with Crippen LogP contribution in [-0.2, 0) is 5.75 Å². The molecule has 0 atom stereocenters. The van der Waals surface area contributed by atoms with Gasteiger partial charge in [0.1, 0.15) is 5.82 Å². The first-order valence-electron chi connectivity index (χ1n) is 10.1. The summed E-state index contributed by atoms with van der Waals surface area (Å²) in [6.45, 7) is 0. The molecule has 160 valence electrons. The van der Waals surface area contributed by atoms with Crippen LogP contribution in [0.5, 0.6) is 11.5 Å². The summed E-state index contributed by atoms with van der Waals surface area (Å²) in [7, 11) is 3.25. The minimum Gasteiger partial charge on any atom is -0.493 e. The van der Waals surface area contributed by atoms with Gasteiger partial charge in [0.15, 0.2) is 22.5 Å². The number of imidazole rings is 1. The number of ether oxygens (including phenoxy) is 2. The highest BCUT2D eigenvalue weighted by molar-refractivity contribution is 7.98. The van der Waals surface area contributed by atoms with Crippen LogP contribution in [0.25, 0.3) is 28.1 Å². The van der Waals surface area contributed by atoms with Crippen molar-refractivity contribution in [2.24, 2.45) is 0 Å². The van der Waals surface area contributed by atoms with E-state index in [4.69, 9.17) is 9.47 Å². The van der Waals surface area contributed by atoms with E-state index in [9.17, 15) is 0 Å². The first-order valence-corrected chi connectivity index (χ1v) is 11.0. The van der Waals surface area contributed by atoms with Crippen LogP contribution >= 0.6 is 11.8 Å². The van der Waals surface area contributed by atoms with Crippen molar-refractivity contribution in [2.45, 2.75) is 10.9 Å². The van der Waals surface area contributed by atoms with E-state index in [1.807, 2.05) is 72.8 Å². The summed E-state index contributed by atoms with van der Waals surface area (Å²) in [5, 5.41) is 9.79. The molecule has 0 radical (unpaired) electrons. The van der Waals surface area contributed by atoms with Crippen molar-refractivity contribution in [3.8, 4) is 28.6 Å². The number of nitrogens with one attached hydrogen (secondary N) is 1. The summed E-state index contributed by atoms with van der Waals surface area (Å²) in [6, 6.07) is 23.8. The Morgan fingerprint density at radius 3 is 2.44 bits per heavy atom. The van der Waals surface area contributed by atoms with Crippen molar-refractivity contribution < 1.29 is 9.47 Å². The van der Waals surface area contributed by atoms with E-state index in [-0.39, 0.29) is 0 Å². The largest absolute Gasteiger partial charge is 0.493 e. The molecule has 3 aromatic carbocycles. The molecule has 0 aliphatic heterocycles. The Bertz CT molecular complexity index is 1330. The van der Waals surface area contributed by atoms with Crippen LogP contribution in [0.15, 0.2) is 78.0 Å². The zero-order valence-corrected chi connectivity index (χ0v) is 18.5. The molecule has 0 amide bonds. The predicted octanol–water partition coefficient (Wildman–Crippen LogP) is 5.12. The van der Waals surface area contributed by atoms with Crippen LogP contribution in [0.3, 0.4) is 0 Å². The standard InChI is InChI=1S/C24H21N5O2S/c1-30-20-13-12-16(14-21(20)31-2)23-27-28-24(29(23)17-8-4-3-5-9-17)32-15-22-25-18-10-6-7-11-19(18)26-22/h3-14H,15H2,1-2H3,(H,25,26). The number of thioether (sulfide) groups is 1. The number of benzene rings is 3. The van der Waals surface area contributed by atoms with Gasteiger partial charge >= 0.3 is 0 Å². The molecule has 5 aromatic rings. The highest BCUT2D eigenvalue weighted by Crippen LogP contribution is 2.34. The zero-order chi connectivity index (χ0) is 21.9. The Labute approximate surface area is 189 Å². The third-order valence-corrected chi connectivity index (χ3v) is 6.01. The van der Waals surface area contributed by atoms with E-state index >= 15 is 0 Å². The van der Waals surface area contributed by atoms with Crippen molar-refractivity contribution in [2.75, 3.05) is 14.2 Å². The van der Waals surface area contributed by atoms with Gasteiger partial charge in [-0.05, 0) is 42.5 Å². The topological polar surface area (TPSA) is 77.9 Å². The summed E-state index contributed by atoms with van der Waals surface area (Å²) >= 11 is 1.58. The zero-order valence-electron chi connectivity index (χ0n) is 17.6. The molecule has 7 nitrogen and oxygen atoms in total. The summed E-state index contributed by atoms with van der Waals surface area (Å²) in [6.07, 6.45) is 0. The molecule has 0 bridgehead atoms. The minimum atomic E-state index is 0.643. The average molecular weight is 444 g/mol. The van der Waals surface area contributed by atoms with Gasteiger partial charge in [0.05, 0.1) is 31.0 Å². The lowest BCUT2D eigenvalue weighted by Crippen LogP contribution is -2.00. The molecule has 2 heterocycles. The highest BCUT2D eigenvalue weighted by Gasteiger charge is 2.18. The number of aromatic nitrogens is 5. The molecule has 0 saturated carbocycles. The number of hydrogen-bond acceptors (Lipinski definition) is 6. The molecule has 2 aromatic heterocycles. The summed E-state index contributed by atoms with van der Waals surface area (Å²) in [4.78, 5) is 8.04. The van der Waals surface area contributed by atoms with Gasteiger partial charge in [-0.1, -0.05) is 42.1 Å². The third kappa shape index (κ3) is 3.80. The van der Waals surface area contributed by atoms with Crippen LogP contribution in [0.1, 0.15) is 5.82 Å². The number of methoxy groups -OCH3 is 2. The molecular weight excluding hydrogens is 422 g/mol. The lowest BCUT2D eigenvalue weighted by Gasteiger charge is -2.12. The van der Waals surface area contributed by atoms with Crippen molar-refractivity contribution in [1.82, 2.24) is 24.7 Å². The van der Waals surface area contributed by atoms with Crippen molar-refractivity contribution in [3.05, 3.63) is 78.6 Å². The number of hydrogen-bond donors (Lipinski definition) is 1. The smallest absolute Gasteiger partial charge is 0.196 e. The van der Waals surface area contributed by atoms with Gasteiger partial charge in [0.25, 0.3) is 0 Å². The van der Waals surface area contributed by atoms with Gasteiger partial charge < -0.3 is 14.5 Å². The van der Waals surface area contributed by atoms with Gasteiger partial charge in [-0.2, -0.15) is 0 Å². The van der Waals surface area contributed by atoms with Crippen LogP contribution in [-0.4, -0.2) is 39.0 Å². The highest BCUT2D eigenvalue weighted by atomic mass is 32.2. The summed E-state index contributed by atoms with van der Waals surface area (Å²) in [5.74, 6) is 3.58. The molecule has 5 rings (SSSR count). The number of H-pyrrole nitrogens is 1. The second kappa shape index (κ2) is 8.76. The maximum Gasteiger partial charge on any atom is 0.196 e. The SMILES string of the molecule is COc1ccc(-c2nnc(SCc3nc4ccccc4[nH]3)n2-c2ccccc2)cc1OC. The number of fused-ring (bicyclic) bond motifs is 1. The Kier molecular flexibility index (Phi) is 5.51. The Balaban J connectivity index is 1.53. The Morgan fingerprint density at radius 1 is 0.875 bits per heavy atom. The quantitative estimate of drug-likeness (QED) is 0.352. The first-order chi connectivity index (χ1) is 15.8. The van der Waals surface area contributed by atoms with E-state index in [0.29, 0.717) is 17.3 Å². The maximum atomic E-state index is 5.48. The molecule has 0 unspecified atom stereocenters. The van der Waals surface area contributed by atoms with Gasteiger partial charge in [-0.25, -0.2) is 4.98 Å². The summed E-state index contributed by atoms with van der Waals surface area (Å²) < 4.78 is 12.9. The summed E-state index contributed by atoms with van der Waals surface area (Å²) in [5.41, 5.74) is 3.85. The van der Waals surface area contributed by atoms with Crippen LogP contribution in [0, 0.1) is 0 Å². The van der Waals surface area contributed by atoms with Crippen LogP contribution in [0.4, 0.5) is 0 Å². The second-order valence-corrected chi connectivity index (χ2v) is 7.98. The molecule has 0 saturated heterocycles. The minimum absolute atomic E-state index is 0.643. The van der Waals surface area contributed by atoms with Gasteiger partial charge in [-0.3, -0.25) is 4.57 Å². The number of rotatable bonds is 7. The van der Waals surface area contributed by atoms with E-state index in [0.717, 1.165) is 39.1 Å². The molecule has 0 aliphatic carbocycles. The average Bonchev–Trinajstić information content (AvgIpc) is 3.46. The number of aromatic amines is 1. The van der Waals surface area contributed by atoms with E-state index in [2.05, 4.69) is 24.7 Å². The molecular formula is C24H21N5O2S. The molecule has 0 fully saturated rings. The molecule has 32 heavy (non-hydrogen) atoms. The fraction of sp³-hybridized carbons (Fsp3) is 0.125. The maximum absolute atomic E-state index is 5.48. The Morgan fingerprint density at radius 2 is 1.66 bits per heavy atom. The fourth-order valence-corrected chi connectivity index (χ4v) is 4.36. The van der Waals surface area contributed by atoms with Gasteiger partial charge in [0.2, 0.25) is 0 Å².